The molecule has 5 nitrogen and oxygen atoms in total. The van der Waals surface area contributed by atoms with Gasteiger partial charge < -0.3 is 16.0 Å². The number of amides is 2. The third-order valence-electron chi connectivity index (χ3n) is 3.52. The molecule has 120 valence electrons. The molecule has 0 aliphatic carbocycles. The first-order valence-electron chi connectivity index (χ1n) is 7.59. The Morgan fingerprint density at radius 1 is 1.36 bits per heavy atom. The van der Waals surface area contributed by atoms with Crippen molar-refractivity contribution >= 4 is 29.3 Å². The third kappa shape index (κ3) is 5.03. The molecular formula is C16H23N3O2S. The number of nitrogens with zero attached hydrogens (tertiary/aromatic N) is 1. The first-order valence-corrected chi connectivity index (χ1v) is 8.74. The smallest absolute Gasteiger partial charge is 0.253 e. The Bertz CT molecular complexity index is 528. The molecule has 1 heterocycles. The number of hydrogen-bond donors (Lipinski definition) is 2. The topological polar surface area (TPSA) is 75.4 Å². The average molecular weight is 321 g/mol. The zero-order valence-electron chi connectivity index (χ0n) is 12.9. The maximum atomic E-state index is 12.4. The number of anilines is 1. The highest BCUT2D eigenvalue weighted by Gasteiger charge is 2.18. The van der Waals surface area contributed by atoms with Gasteiger partial charge in [-0.25, -0.2) is 0 Å². The van der Waals surface area contributed by atoms with Crippen LogP contribution < -0.4 is 11.1 Å². The van der Waals surface area contributed by atoms with Gasteiger partial charge in [0, 0.05) is 48.3 Å². The molecule has 1 aliphatic rings. The fourth-order valence-electron chi connectivity index (χ4n) is 2.26. The van der Waals surface area contributed by atoms with E-state index in [1.807, 2.05) is 23.6 Å². The molecule has 0 bridgehead atoms. The van der Waals surface area contributed by atoms with E-state index in [1.165, 1.54) is 0 Å². The highest BCUT2D eigenvalue weighted by Crippen LogP contribution is 2.16. The Hall–Kier alpha value is -1.53. The molecule has 2 rings (SSSR count). The van der Waals surface area contributed by atoms with Crippen molar-refractivity contribution in [2.24, 2.45) is 5.73 Å². The second kappa shape index (κ2) is 8.19. The van der Waals surface area contributed by atoms with Crippen LogP contribution in [0.25, 0.3) is 0 Å². The highest BCUT2D eigenvalue weighted by atomic mass is 32.2. The Kier molecular flexibility index (Phi) is 6.27. The number of benzene rings is 1. The molecule has 2 amide bonds. The third-order valence-corrected chi connectivity index (χ3v) is 4.46. The van der Waals surface area contributed by atoms with Crippen LogP contribution in [-0.4, -0.2) is 47.4 Å². The van der Waals surface area contributed by atoms with Gasteiger partial charge in [0.05, 0.1) is 0 Å². The van der Waals surface area contributed by atoms with Gasteiger partial charge in [-0.1, -0.05) is 6.07 Å². The largest absolute Gasteiger partial charge is 0.337 e. The quantitative estimate of drug-likeness (QED) is 0.869. The van der Waals surface area contributed by atoms with E-state index in [-0.39, 0.29) is 17.9 Å². The lowest BCUT2D eigenvalue weighted by Crippen LogP contribution is -2.37. The van der Waals surface area contributed by atoms with Gasteiger partial charge in [-0.3, -0.25) is 9.59 Å². The normalized spacial score (nSPS) is 16.2. The summed E-state index contributed by atoms with van der Waals surface area (Å²) in [5.41, 5.74) is 6.93. The molecule has 1 aromatic rings. The molecule has 0 aromatic heterocycles. The van der Waals surface area contributed by atoms with Crippen molar-refractivity contribution in [3.63, 3.8) is 0 Å². The highest BCUT2D eigenvalue weighted by molar-refractivity contribution is 7.99. The summed E-state index contributed by atoms with van der Waals surface area (Å²) < 4.78 is 0. The standard InChI is InChI=1S/C16H23N3O2S/c1-12(17)5-6-15(20)18-14-4-2-3-13(11-14)16(21)19-7-9-22-10-8-19/h2-4,11-12H,5-10,17H2,1H3,(H,18,20). The van der Waals surface area contributed by atoms with E-state index in [0.29, 0.717) is 24.1 Å². The number of rotatable bonds is 5. The summed E-state index contributed by atoms with van der Waals surface area (Å²) in [6.07, 6.45) is 1.04. The minimum atomic E-state index is -0.0729. The van der Waals surface area contributed by atoms with Gasteiger partial charge in [0.1, 0.15) is 0 Å². The molecule has 0 spiro atoms. The van der Waals surface area contributed by atoms with Crippen LogP contribution in [0.3, 0.4) is 0 Å². The maximum Gasteiger partial charge on any atom is 0.253 e. The Balaban J connectivity index is 1.97. The van der Waals surface area contributed by atoms with Gasteiger partial charge >= 0.3 is 0 Å². The van der Waals surface area contributed by atoms with Crippen LogP contribution in [0.5, 0.6) is 0 Å². The summed E-state index contributed by atoms with van der Waals surface area (Å²) in [4.78, 5) is 26.1. The molecule has 6 heteroatoms. The van der Waals surface area contributed by atoms with Gasteiger partial charge in [-0.15, -0.1) is 0 Å². The lowest BCUT2D eigenvalue weighted by atomic mass is 10.1. The second-order valence-electron chi connectivity index (χ2n) is 5.55. The summed E-state index contributed by atoms with van der Waals surface area (Å²) in [6, 6.07) is 7.14. The van der Waals surface area contributed by atoms with Crippen LogP contribution in [0, 0.1) is 0 Å². The van der Waals surface area contributed by atoms with Crippen molar-refractivity contribution in [2.75, 3.05) is 29.9 Å². The maximum absolute atomic E-state index is 12.4. The molecule has 1 unspecified atom stereocenters. The minimum absolute atomic E-state index is 0.00985. The predicted octanol–water partition coefficient (Wildman–Crippen LogP) is 1.94. The van der Waals surface area contributed by atoms with Crippen LogP contribution in [0.2, 0.25) is 0 Å². The van der Waals surface area contributed by atoms with Gasteiger partial charge in [0.15, 0.2) is 0 Å². The number of nitrogens with one attached hydrogen (secondary N) is 1. The molecule has 1 fully saturated rings. The van der Waals surface area contributed by atoms with E-state index in [1.54, 1.807) is 24.3 Å². The molecular weight excluding hydrogens is 298 g/mol. The van der Waals surface area contributed by atoms with Crippen LogP contribution in [0.15, 0.2) is 24.3 Å². The summed E-state index contributed by atoms with van der Waals surface area (Å²) in [5.74, 6) is 1.93. The summed E-state index contributed by atoms with van der Waals surface area (Å²) in [7, 11) is 0. The summed E-state index contributed by atoms with van der Waals surface area (Å²) in [6.45, 7) is 3.45. The number of thioether (sulfide) groups is 1. The van der Waals surface area contributed by atoms with Crippen molar-refractivity contribution in [1.82, 2.24) is 4.90 Å². The van der Waals surface area contributed by atoms with E-state index >= 15 is 0 Å². The van der Waals surface area contributed by atoms with Gasteiger partial charge in [-0.05, 0) is 31.5 Å². The lowest BCUT2D eigenvalue weighted by molar-refractivity contribution is -0.116. The van der Waals surface area contributed by atoms with E-state index in [2.05, 4.69) is 5.32 Å². The van der Waals surface area contributed by atoms with Crippen molar-refractivity contribution < 1.29 is 9.59 Å². The van der Waals surface area contributed by atoms with E-state index in [9.17, 15) is 9.59 Å². The van der Waals surface area contributed by atoms with Crippen molar-refractivity contribution in [1.29, 1.82) is 0 Å². The molecule has 1 atom stereocenters. The van der Waals surface area contributed by atoms with Gasteiger partial charge in [-0.2, -0.15) is 11.8 Å². The fourth-order valence-corrected chi connectivity index (χ4v) is 3.16. The lowest BCUT2D eigenvalue weighted by Gasteiger charge is -2.26. The number of hydrogen-bond acceptors (Lipinski definition) is 4. The average Bonchev–Trinajstić information content (AvgIpc) is 2.53. The number of nitrogens with two attached hydrogens (primary N) is 1. The monoisotopic (exact) mass is 321 g/mol. The van der Waals surface area contributed by atoms with Crippen molar-refractivity contribution in [3.05, 3.63) is 29.8 Å². The first kappa shape index (κ1) is 16.8. The Labute approximate surface area is 135 Å². The summed E-state index contributed by atoms with van der Waals surface area (Å²) >= 11 is 1.87. The van der Waals surface area contributed by atoms with Crippen molar-refractivity contribution in [2.45, 2.75) is 25.8 Å². The zero-order valence-corrected chi connectivity index (χ0v) is 13.7. The number of carbonyl (C=O) groups excluding carboxylic acids is 2. The molecule has 1 aliphatic heterocycles. The zero-order chi connectivity index (χ0) is 15.9. The first-order chi connectivity index (χ1) is 10.6. The molecule has 0 radical (unpaired) electrons. The van der Waals surface area contributed by atoms with Crippen LogP contribution in [0.4, 0.5) is 5.69 Å². The molecule has 0 saturated carbocycles. The SMILES string of the molecule is CC(N)CCC(=O)Nc1cccc(C(=O)N2CCSCC2)c1. The van der Waals surface area contributed by atoms with Gasteiger partial charge in [0.25, 0.3) is 5.91 Å². The van der Waals surface area contributed by atoms with E-state index in [4.69, 9.17) is 5.73 Å². The predicted molar refractivity (Wildman–Crippen MR) is 91.2 cm³/mol. The van der Waals surface area contributed by atoms with Crippen LogP contribution in [0.1, 0.15) is 30.1 Å². The molecule has 1 saturated heterocycles. The Morgan fingerprint density at radius 3 is 2.77 bits per heavy atom. The minimum Gasteiger partial charge on any atom is -0.337 e. The molecule has 22 heavy (non-hydrogen) atoms. The molecule has 3 N–H and O–H groups in total. The van der Waals surface area contributed by atoms with Crippen LogP contribution in [-0.2, 0) is 4.79 Å². The van der Waals surface area contributed by atoms with Crippen LogP contribution >= 0.6 is 11.8 Å². The second-order valence-corrected chi connectivity index (χ2v) is 6.77. The van der Waals surface area contributed by atoms with Crippen molar-refractivity contribution in [3.8, 4) is 0 Å². The van der Waals surface area contributed by atoms with E-state index < -0.39 is 0 Å². The fraction of sp³-hybridized carbons (Fsp3) is 0.500. The summed E-state index contributed by atoms with van der Waals surface area (Å²) in [5, 5.41) is 2.83. The van der Waals surface area contributed by atoms with E-state index in [0.717, 1.165) is 24.6 Å². The van der Waals surface area contributed by atoms with Gasteiger partial charge in [0.2, 0.25) is 5.91 Å². The Morgan fingerprint density at radius 2 is 2.09 bits per heavy atom. The number of carbonyl (C=O) groups is 2. The molecule has 1 aromatic carbocycles.